The Morgan fingerprint density at radius 1 is 0.596 bits per heavy atom. The number of rotatable bonds is 6. The van der Waals surface area contributed by atoms with E-state index in [1.807, 2.05) is 60.8 Å². The molecule has 2 heterocycles. The van der Waals surface area contributed by atoms with Crippen molar-refractivity contribution in [2.24, 2.45) is 0 Å². The number of phenolic OH excluding ortho intramolecular Hbond substituents is 1. The van der Waals surface area contributed by atoms with E-state index in [1.54, 1.807) is 0 Å². The van der Waals surface area contributed by atoms with Gasteiger partial charge in [0.2, 0.25) is 0 Å². The van der Waals surface area contributed by atoms with Crippen LogP contribution in [0, 0.1) is 6.92 Å². The molecule has 0 amide bonds. The van der Waals surface area contributed by atoms with Crippen LogP contribution in [-0.4, -0.2) is 15.1 Å². The second-order valence-corrected chi connectivity index (χ2v) is 13.0. The number of phenols is 1. The van der Waals surface area contributed by atoms with E-state index in [1.165, 1.54) is 5.39 Å². The SMILES string of the molecule is Cc1ccc(-c2ccc(-c3ccccc3)c(-c3cccc(C(C)(C)C)c3O)c2)nc1N(c1ccc2ccccc2c1)c1ccccn1. The number of para-hydroxylation sites is 1. The Hall–Kier alpha value is -5.74. The van der Waals surface area contributed by atoms with E-state index >= 15 is 0 Å². The third-order valence-electron chi connectivity index (χ3n) is 8.69. The second-order valence-electron chi connectivity index (χ2n) is 13.0. The van der Waals surface area contributed by atoms with Crippen LogP contribution in [0.5, 0.6) is 5.75 Å². The summed E-state index contributed by atoms with van der Waals surface area (Å²) >= 11 is 0. The van der Waals surface area contributed by atoms with Crippen molar-refractivity contribution in [1.82, 2.24) is 9.97 Å². The maximum Gasteiger partial charge on any atom is 0.142 e. The molecule has 0 fully saturated rings. The van der Waals surface area contributed by atoms with E-state index in [4.69, 9.17) is 9.97 Å². The number of nitrogens with zero attached hydrogens (tertiary/aromatic N) is 3. The molecule has 0 aliphatic rings. The van der Waals surface area contributed by atoms with Gasteiger partial charge >= 0.3 is 0 Å². The van der Waals surface area contributed by atoms with Crippen molar-refractivity contribution in [2.75, 3.05) is 4.90 Å². The molecular weight excluding hydrogens is 574 g/mol. The third kappa shape index (κ3) is 5.86. The monoisotopic (exact) mass is 611 g/mol. The maximum atomic E-state index is 11.7. The van der Waals surface area contributed by atoms with E-state index in [0.29, 0.717) is 5.75 Å². The largest absolute Gasteiger partial charge is 0.507 e. The molecule has 230 valence electrons. The highest BCUT2D eigenvalue weighted by molar-refractivity contribution is 5.91. The van der Waals surface area contributed by atoms with Gasteiger partial charge in [-0.25, -0.2) is 9.97 Å². The van der Waals surface area contributed by atoms with Crippen molar-refractivity contribution in [3.8, 4) is 39.3 Å². The highest BCUT2D eigenvalue weighted by atomic mass is 16.3. The fourth-order valence-corrected chi connectivity index (χ4v) is 6.23. The van der Waals surface area contributed by atoms with Crippen molar-refractivity contribution < 1.29 is 5.11 Å². The van der Waals surface area contributed by atoms with Gasteiger partial charge in [-0.15, -0.1) is 0 Å². The van der Waals surface area contributed by atoms with Crippen LogP contribution in [-0.2, 0) is 5.41 Å². The van der Waals surface area contributed by atoms with Gasteiger partial charge < -0.3 is 5.11 Å². The fourth-order valence-electron chi connectivity index (χ4n) is 6.23. The molecule has 0 bridgehead atoms. The lowest BCUT2D eigenvalue weighted by Gasteiger charge is -2.25. The molecule has 1 N–H and O–H groups in total. The molecule has 47 heavy (non-hydrogen) atoms. The van der Waals surface area contributed by atoms with Crippen LogP contribution in [0.4, 0.5) is 17.3 Å². The minimum absolute atomic E-state index is 0.213. The van der Waals surface area contributed by atoms with Gasteiger partial charge in [0.05, 0.1) is 5.69 Å². The van der Waals surface area contributed by atoms with Crippen molar-refractivity contribution in [2.45, 2.75) is 33.1 Å². The van der Waals surface area contributed by atoms with Gasteiger partial charge in [0.25, 0.3) is 0 Å². The number of pyridine rings is 2. The lowest BCUT2D eigenvalue weighted by atomic mass is 9.83. The molecule has 7 rings (SSSR count). The summed E-state index contributed by atoms with van der Waals surface area (Å²) in [5.41, 5.74) is 8.41. The summed E-state index contributed by atoms with van der Waals surface area (Å²) in [7, 11) is 0. The van der Waals surface area contributed by atoms with Gasteiger partial charge in [-0.3, -0.25) is 4.90 Å². The number of benzene rings is 5. The Kier molecular flexibility index (Phi) is 7.79. The number of anilines is 3. The van der Waals surface area contributed by atoms with E-state index < -0.39 is 0 Å². The van der Waals surface area contributed by atoms with Crippen molar-refractivity contribution in [3.05, 3.63) is 157 Å². The Morgan fingerprint density at radius 2 is 1.36 bits per heavy atom. The smallest absolute Gasteiger partial charge is 0.142 e. The minimum Gasteiger partial charge on any atom is -0.507 e. The topological polar surface area (TPSA) is 49.3 Å². The standard InChI is InChI=1S/C43H37N3O/c1-29-20-25-39(45-42(29)46(40-19-10-11-26-44-40)34-23-21-30-13-8-9-16-32(30)27-34)33-22-24-35(31-14-6-5-7-15-31)37(28-33)36-17-12-18-38(41(36)47)43(2,3)4/h5-28,47H,1-4H3. The molecule has 0 radical (unpaired) electrons. The van der Waals surface area contributed by atoms with Crippen molar-refractivity contribution in [3.63, 3.8) is 0 Å². The Bertz CT molecular complexity index is 2200. The summed E-state index contributed by atoms with van der Waals surface area (Å²) in [4.78, 5) is 12.2. The van der Waals surface area contributed by atoms with Gasteiger partial charge in [-0.1, -0.05) is 124 Å². The summed E-state index contributed by atoms with van der Waals surface area (Å²) in [6, 6.07) is 47.8. The average molecular weight is 612 g/mol. The average Bonchev–Trinajstić information content (AvgIpc) is 3.09. The predicted molar refractivity (Wildman–Crippen MR) is 196 cm³/mol. The van der Waals surface area contributed by atoms with Crippen LogP contribution in [0.25, 0.3) is 44.3 Å². The summed E-state index contributed by atoms with van der Waals surface area (Å²) in [6.07, 6.45) is 1.81. The zero-order valence-electron chi connectivity index (χ0n) is 27.1. The molecule has 0 spiro atoms. The van der Waals surface area contributed by atoms with Crippen molar-refractivity contribution in [1.29, 1.82) is 0 Å². The quantitative estimate of drug-likeness (QED) is 0.203. The lowest BCUT2D eigenvalue weighted by molar-refractivity contribution is 0.448. The lowest BCUT2D eigenvalue weighted by Crippen LogP contribution is -2.14. The fraction of sp³-hybridized carbons (Fsp3) is 0.116. The van der Waals surface area contributed by atoms with Crippen LogP contribution in [0.15, 0.2) is 146 Å². The molecule has 0 unspecified atom stereocenters. The second kappa shape index (κ2) is 12.2. The number of aromatic nitrogens is 2. The van der Waals surface area contributed by atoms with Crippen LogP contribution in [0.2, 0.25) is 0 Å². The summed E-state index contributed by atoms with van der Waals surface area (Å²) in [5.74, 6) is 1.91. The molecule has 0 aliphatic carbocycles. The van der Waals surface area contributed by atoms with Crippen LogP contribution in [0.1, 0.15) is 31.9 Å². The molecule has 0 saturated heterocycles. The Morgan fingerprint density at radius 3 is 2.13 bits per heavy atom. The van der Waals surface area contributed by atoms with Gasteiger partial charge in [0, 0.05) is 23.0 Å². The van der Waals surface area contributed by atoms with Gasteiger partial charge in [0.15, 0.2) is 0 Å². The normalized spacial score (nSPS) is 11.5. The number of hydrogen-bond donors (Lipinski definition) is 1. The molecule has 4 heteroatoms. The van der Waals surface area contributed by atoms with Crippen LogP contribution < -0.4 is 4.90 Å². The number of hydrogen-bond acceptors (Lipinski definition) is 4. The van der Waals surface area contributed by atoms with Crippen molar-refractivity contribution >= 4 is 28.1 Å². The minimum atomic E-state index is -0.213. The van der Waals surface area contributed by atoms with Gasteiger partial charge in [0.1, 0.15) is 17.4 Å². The molecular formula is C43H37N3O. The summed E-state index contributed by atoms with van der Waals surface area (Å²) in [5, 5.41) is 14.0. The van der Waals surface area contributed by atoms with Gasteiger partial charge in [-0.2, -0.15) is 0 Å². The van der Waals surface area contributed by atoms with Crippen LogP contribution >= 0.6 is 0 Å². The highest BCUT2D eigenvalue weighted by Gasteiger charge is 2.23. The first-order valence-electron chi connectivity index (χ1n) is 16.0. The highest BCUT2D eigenvalue weighted by Crippen LogP contribution is 2.44. The molecule has 7 aromatic rings. The molecule has 0 aliphatic heterocycles. The zero-order valence-corrected chi connectivity index (χ0v) is 27.1. The summed E-state index contributed by atoms with van der Waals surface area (Å²) < 4.78 is 0. The first kappa shape index (κ1) is 29.9. The number of aromatic hydroxyl groups is 1. The zero-order chi connectivity index (χ0) is 32.5. The first-order chi connectivity index (χ1) is 22.8. The maximum absolute atomic E-state index is 11.7. The van der Waals surface area contributed by atoms with Crippen LogP contribution in [0.3, 0.4) is 0 Å². The van der Waals surface area contributed by atoms with E-state index in [0.717, 1.165) is 67.3 Å². The van der Waals surface area contributed by atoms with E-state index in [2.05, 4.69) is 118 Å². The molecule has 0 atom stereocenters. The van der Waals surface area contributed by atoms with Gasteiger partial charge in [-0.05, 0) is 87.3 Å². The Balaban J connectivity index is 1.41. The molecule has 5 aromatic carbocycles. The number of fused-ring (bicyclic) bond motifs is 1. The first-order valence-corrected chi connectivity index (χ1v) is 16.0. The predicted octanol–water partition coefficient (Wildman–Crippen LogP) is 11.4. The number of aryl methyl sites for hydroxylation is 1. The molecule has 0 saturated carbocycles. The molecule has 4 nitrogen and oxygen atoms in total. The summed E-state index contributed by atoms with van der Waals surface area (Å²) in [6.45, 7) is 8.46. The molecule has 2 aromatic heterocycles. The van der Waals surface area contributed by atoms with E-state index in [-0.39, 0.29) is 5.41 Å². The Labute approximate surface area is 276 Å². The third-order valence-corrected chi connectivity index (χ3v) is 8.69. The van der Waals surface area contributed by atoms with E-state index in [9.17, 15) is 5.11 Å².